The number of nitrogens with zero attached hydrogens (tertiary/aromatic N) is 2. The smallest absolute Gasteiger partial charge is 0.155 e. The van der Waals surface area contributed by atoms with Crippen molar-refractivity contribution < 1.29 is 0 Å². The number of thiazole rings is 2. The van der Waals surface area contributed by atoms with E-state index >= 15 is 0 Å². The van der Waals surface area contributed by atoms with Gasteiger partial charge in [-0.25, -0.2) is 9.97 Å². The summed E-state index contributed by atoms with van der Waals surface area (Å²) in [5.74, 6) is 0. The van der Waals surface area contributed by atoms with E-state index in [0.29, 0.717) is 0 Å². The molecule has 2 nitrogen and oxygen atoms in total. The molecule has 0 fully saturated rings. The van der Waals surface area contributed by atoms with Crippen molar-refractivity contribution in [2.45, 2.75) is 0 Å². The first kappa shape index (κ1) is 13.2. The predicted molar refractivity (Wildman–Crippen MR) is 91.9 cm³/mol. The lowest BCUT2D eigenvalue weighted by Gasteiger charge is -1.91. The molecular formula is C12H4Cl2N2S4. The fourth-order valence-electron chi connectivity index (χ4n) is 1.73. The molecule has 0 unspecified atom stereocenters. The van der Waals surface area contributed by atoms with E-state index in [-0.39, 0.29) is 0 Å². The quantitative estimate of drug-likeness (QED) is 0.399. The monoisotopic (exact) mass is 374 g/mol. The second kappa shape index (κ2) is 5.05. The fourth-order valence-corrected chi connectivity index (χ4v) is 6.39. The standard InChI is InChI=1S/C12H4Cl2N2S4/c13-5-1-3-17-7(5)9-15-11-12(19-9)16-10(20-11)8-6(14)2-4-18-8/h1-4H. The predicted octanol–water partition coefficient (Wildman–Crippen LogP) is 6.52. The molecule has 4 aromatic rings. The summed E-state index contributed by atoms with van der Waals surface area (Å²) >= 11 is 18.6. The molecule has 4 heterocycles. The highest BCUT2D eigenvalue weighted by molar-refractivity contribution is 7.31. The van der Waals surface area contributed by atoms with Gasteiger partial charge in [-0.15, -0.1) is 22.7 Å². The van der Waals surface area contributed by atoms with Crippen LogP contribution in [0, 0.1) is 0 Å². The zero-order chi connectivity index (χ0) is 13.7. The zero-order valence-corrected chi connectivity index (χ0v) is 14.4. The molecule has 0 aromatic carbocycles. The Morgan fingerprint density at radius 1 is 0.750 bits per heavy atom. The maximum Gasteiger partial charge on any atom is 0.155 e. The molecule has 8 heteroatoms. The second-order valence-electron chi connectivity index (χ2n) is 3.84. The van der Waals surface area contributed by atoms with Gasteiger partial charge in [0.05, 0.1) is 19.8 Å². The van der Waals surface area contributed by atoms with Crippen LogP contribution in [-0.4, -0.2) is 9.97 Å². The Bertz CT molecular complexity index is 800. The summed E-state index contributed by atoms with van der Waals surface area (Å²) in [6.07, 6.45) is 0. The van der Waals surface area contributed by atoms with E-state index in [1.165, 1.54) is 0 Å². The molecule has 0 saturated heterocycles. The molecule has 0 radical (unpaired) electrons. The van der Waals surface area contributed by atoms with Gasteiger partial charge in [0.2, 0.25) is 0 Å². The van der Waals surface area contributed by atoms with Gasteiger partial charge in [0.1, 0.15) is 10.0 Å². The molecule has 20 heavy (non-hydrogen) atoms. The Morgan fingerprint density at radius 3 is 1.55 bits per heavy atom. The van der Waals surface area contributed by atoms with Gasteiger partial charge in [0, 0.05) is 0 Å². The number of hydrogen-bond donors (Lipinski definition) is 0. The van der Waals surface area contributed by atoms with Crippen LogP contribution in [0.25, 0.3) is 29.4 Å². The third-order valence-corrected chi connectivity index (χ3v) is 7.62. The van der Waals surface area contributed by atoms with Crippen LogP contribution in [-0.2, 0) is 0 Å². The lowest BCUT2D eigenvalue weighted by atomic mass is 10.5. The van der Waals surface area contributed by atoms with Crippen molar-refractivity contribution in [3.63, 3.8) is 0 Å². The van der Waals surface area contributed by atoms with E-state index in [2.05, 4.69) is 9.97 Å². The first-order valence-corrected chi connectivity index (χ1v) is 9.61. The van der Waals surface area contributed by atoms with Gasteiger partial charge in [0.25, 0.3) is 0 Å². The third-order valence-electron chi connectivity index (χ3n) is 2.60. The van der Waals surface area contributed by atoms with Gasteiger partial charge >= 0.3 is 0 Å². The molecule has 100 valence electrons. The Kier molecular flexibility index (Phi) is 3.33. The molecule has 4 rings (SSSR count). The minimum atomic E-state index is 0.748. The van der Waals surface area contributed by atoms with Gasteiger partial charge < -0.3 is 0 Å². The van der Waals surface area contributed by atoms with Crippen LogP contribution in [0.5, 0.6) is 0 Å². The first-order chi connectivity index (χ1) is 9.72. The summed E-state index contributed by atoms with van der Waals surface area (Å²) in [6, 6.07) is 3.78. The van der Waals surface area contributed by atoms with Crippen molar-refractivity contribution in [1.82, 2.24) is 9.97 Å². The van der Waals surface area contributed by atoms with Crippen molar-refractivity contribution in [3.05, 3.63) is 32.9 Å². The lowest BCUT2D eigenvalue weighted by molar-refractivity contribution is 1.51. The normalized spacial score (nSPS) is 11.5. The summed E-state index contributed by atoms with van der Waals surface area (Å²) < 4.78 is 0. The van der Waals surface area contributed by atoms with Crippen LogP contribution in [0.4, 0.5) is 0 Å². The Hall–Kier alpha value is -0.500. The molecule has 4 aromatic heterocycles. The molecule has 0 aliphatic rings. The number of aromatic nitrogens is 2. The van der Waals surface area contributed by atoms with Crippen LogP contribution in [0.15, 0.2) is 22.9 Å². The summed E-state index contributed by atoms with van der Waals surface area (Å²) in [4.78, 5) is 13.2. The Morgan fingerprint density at radius 2 is 1.20 bits per heavy atom. The average molecular weight is 375 g/mol. The van der Waals surface area contributed by atoms with Crippen LogP contribution in [0.3, 0.4) is 0 Å². The van der Waals surface area contributed by atoms with E-state index in [0.717, 1.165) is 39.5 Å². The van der Waals surface area contributed by atoms with E-state index in [1.54, 1.807) is 45.3 Å². The van der Waals surface area contributed by atoms with E-state index in [9.17, 15) is 0 Å². The van der Waals surface area contributed by atoms with Crippen LogP contribution in [0.1, 0.15) is 0 Å². The van der Waals surface area contributed by atoms with Gasteiger partial charge in [0.15, 0.2) is 9.66 Å². The van der Waals surface area contributed by atoms with Gasteiger partial charge in [-0.3, -0.25) is 0 Å². The SMILES string of the molecule is Clc1ccsc1-c1nc2sc(-c3sccc3Cl)nc2s1. The number of hydrogen-bond acceptors (Lipinski definition) is 6. The summed E-state index contributed by atoms with van der Waals surface area (Å²) in [5.41, 5.74) is 0. The van der Waals surface area contributed by atoms with Crippen molar-refractivity contribution in [3.8, 4) is 19.8 Å². The molecular weight excluding hydrogens is 371 g/mol. The van der Waals surface area contributed by atoms with E-state index < -0.39 is 0 Å². The fraction of sp³-hybridized carbons (Fsp3) is 0. The minimum Gasteiger partial charge on any atom is -0.222 e. The minimum absolute atomic E-state index is 0.748. The summed E-state index contributed by atoms with van der Waals surface area (Å²) in [5, 5.41) is 7.30. The highest BCUT2D eigenvalue weighted by Gasteiger charge is 2.17. The number of fused-ring (bicyclic) bond motifs is 1. The summed E-state index contributed by atoms with van der Waals surface area (Å²) in [6.45, 7) is 0. The Balaban J connectivity index is 1.82. The van der Waals surface area contributed by atoms with Crippen LogP contribution < -0.4 is 0 Å². The largest absolute Gasteiger partial charge is 0.222 e. The maximum atomic E-state index is 6.15. The third kappa shape index (κ3) is 2.11. The molecule has 0 bridgehead atoms. The van der Waals surface area contributed by atoms with Crippen molar-refractivity contribution in [2.24, 2.45) is 0 Å². The maximum absolute atomic E-state index is 6.15. The van der Waals surface area contributed by atoms with E-state index in [4.69, 9.17) is 23.2 Å². The van der Waals surface area contributed by atoms with Crippen molar-refractivity contribution in [2.75, 3.05) is 0 Å². The molecule has 0 N–H and O–H groups in total. The number of thiophene rings is 2. The Labute approximate surface area is 140 Å². The highest BCUT2D eigenvalue weighted by Crippen LogP contribution is 2.42. The molecule has 0 amide bonds. The van der Waals surface area contributed by atoms with E-state index in [1.807, 2.05) is 22.9 Å². The lowest BCUT2D eigenvalue weighted by Crippen LogP contribution is -1.70. The molecule has 0 aliphatic carbocycles. The zero-order valence-electron chi connectivity index (χ0n) is 9.59. The van der Waals surface area contributed by atoms with Gasteiger partial charge in [-0.1, -0.05) is 45.9 Å². The topological polar surface area (TPSA) is 25.8 Å². The average Bonchev–Trinajstić information content (AvgIpc) is 3.10. The van der Waals surface area contributed by atoms with Crippen molar-refractivity contribution >= 4 is 78.2 Å². The summed E-state index contributed by atoms with van der Waals surface area (Å²) in [7, 11) is 0. The van der Waals surface area contributed by atoms with Crippen LogP contribution >= 0.6 is 68.5 Å². The van der Waals surface area contributed by atoms with Gasteiger partial charge in [-0.2, -0.15) is 0 Å². The van der Waals surface area contributed by atoms with Crippen LogP contribution in [0.2, 0.25) is 10.0 Å². The first-order valence-electron chi connectivity index (χ1n) is 5.46. The second-order valence-corrected chi connectivity index (χ2v) is 8.45. The highest BCUT2D eigenvalue weighted by atomic mass is 35.5. The molecule has 0 saturated carbocycles. The molecule has 0 atom stereocenters. The van der Waals surface area contributed by atoms with Crippen molar-refractivity contribution in [1.29, 1.82) is 0 Å². The number of rotatable bonds is 2. The molecule has 0 aliphatic heterocycles. The van der Waals surface area contributed by atoms with Gasteiger partial charge in [-0.05, 0) is 22.9 Å². The molecule has 0 spiro atoms. The number of halogens is 2.